The van der Waals surface area contributed by atoms with Crippen molar-refractivity contribution in [3.05, 3.63) is 70.0 Å². The van der Waals surface area contributed by atoms with Gasteiger partial charge in [-0.2, -0.15) is 0 Å². The number of hydrogen-bond acceptors (Lipinski definition) is 1. The first-order chi connectivity index (χ1) is 10.1. The first-order valence-electron chi connectivity index (χ1n) is 7.08. The minimum atomic E-state index is -0.215. The number of benzene rings is 2. The van der Waals surface area contributed by atoms with Gasteiger partial charge in [-0.05, 0) is 67.3 Å². The average Bonchev–Trinajstić information content (AvgIpc) is 2.49. The van der Waals surface area contributed by atoms with Crippen LogP contribution in [0.1, 0.15) is 45.5 Å². The van der Waals surface area contributed by atoms with Crippen molar-refractivity contribution in [1.82, 2.24) is 0 Å². The summed E-state index contributed by atoms with van der Waals surface area (Å²) < 4.78 is 13.2. The largest absolute Gasteiger partial charge is 0.294 e. The third kappa shape index (κ3) is 2.87. The summed E-state index contributed by atoms with van der Waals surface area (Å²) in [6, 6.07) is 10.6. The molecule has 0 bridgehead atoms. The highest BCUT2D eigenvalue weighted by Crippen LogP contribution is 2.22. The third-order valence-corrected chi connectivity index (χ3v) is 3.76. The lowest BCUT2D eigenvalue weighted by atomic mass is 9.89. The molecule has 1 aliphatic rings. The predicted octanol–water partition coefficient (Wildman–Crippen LogP) is 4.05. The topological polar surface area (TPSA) is 17.1 Å². The van der Waals surface area contributed by atoms with Crippen LogP contribution in [-0.4, -0.2) is 5.78 Å². The van der Waals surface area contributed by atoms with Gasteiger partial charge in [0, 0.05) is 23.1 Å². The summed E-state index contributed by atoms with van der Waals surface area (Å²) in [5.74, 6) is 6.15. The van der Waals surface area contributed by atoms with Gasteiger partial charge in [-0.15, -0.1) is 0 Å². The number of ketones is 1. The zero-order chi connectivity index (χ0) is 14.8. The van der Waals surface area contributed by atoms with E-state index in [-0.39, 0.29) is 11.6 Å². The first kappa shape index (κ1) is 13.6. The van der Waals surface area contributed by atoms with Crippen LogP contribution in [0.2, 0.25) is 0 Å². The minimum Gasteiger partial charge on any atom is -0.294 e. The van der Waals surface area contributed by atoms with E-state index >= 15 is 0 Å². The summed E-state index contributed by atoms with van der Waals surface area (Å²) in [5, 5.41) is 0. The molecule has 0 N–H and O–H groups in total. The van der Waals surface area contributed by atoms with Crippen LogP contribution in [-0.2, 0) is 6.42 Å². The smallest absolute Gasteiger partial charge is 0.163 e. The van der Waals surface area contributed by atoms with Crippen LogP contribution in [0.3, 0.4) is 0 Å². The van der Waals surface area contributed by atoms with Gasteiger partial charge in [0.1, 0.15) is 5.82 Å². The quantitative estimate of drug-likeness (QED) is 0.664. The van der Waals surface area contributed by atoms with Crippen molar-refractivity contribution in [2.75, 3.05) is 0 Å². The highest BCUT2D eigenvalue weighted by Gasteiger charge is 2.16. The molecule has 104 valence electrons. The number of Topliss-reactive ketones (excluding diaryl/α,β-unsaturated/α-hetero) is 1. The molecular weight excluding hydrogens is 263 g/mol. The summed E-state index contributed by atoms with van der Waals surface area (Å²) in [4.78, 5) is 11.8. The van der Waals surface area contributed by atoms with Crippen LogP contribution in [0.4, 0.5) is 4.39 Å². The predicted molar refractivity (Wildman–Crippen MR) is 80.8 cm³/mol. The zero-order valence-corrected chi connectivity index (χ0v) is 11.9. The maximum Gasteiger partial charge on any atom is 0.163 e. The summed E-state index contributed by atoms with van der Waals surface area (Å²) >= 11 is 0. The molecule has 0 radical (unpaired) electrons. The Kier molecular flexibility index (Phi) is 3.58. The Hall–Kier alpha value is -2.40. The zero-order valence-electron chi connectivity index (χ0n) is 11.9. The Bertz CT molecular complexity index is 778. The van der Waals surface area contributed by atoms with Gasteiger partial charge in [0.05, 0.1) is 0 Å². The molecule has 0 aliphatic heterocycles. The van der Waals surface area contributed by atoms with E-state index < -0.39 is 0 Å². The Balaban J connectivity index is 1.90. The molecule has 0 unspecified atom stereocenters. The van der Waals surface area contributed by atoms with Crippen molar-refractivity contribution in [3.8, 4) is 11.8 Å². The molecule has 0 atom stereocenters. The van der Waals surface area contributed by atoms with Crippen LogP contribution >= 0.6 is 0 Å². The van der Waals surface area contributed by atoms with E-state index in [9.17, 15) is 9.18 Å². The van der Waals surface area contributed by atoms with E-state index in [2.05, 4.69) is 11.8 Å². The summed E-state index contributed by atoms with van der Waals surface area (Å²) in [7, 11) is 0. The minimum absolute atomic E-state index is 0.215. The van der Waals surface area contributed by atoms with Crippen molar-refractivity contribution in [2.45, 2.75) is 26.2 Å². The fourth-order valence-electron chi connectivity index (χ4n) is 2.59. The summed E-state index contributed by atoms with van der Waals surface area (Å²) in [6.07, 6.45) is 2.50. The van der Waals surface area contributed by atoms with Gasteiger partial charge in [-0.1, -0.05) is 11.8 Å². The van der Waals surface area contributed by atoms with Crippen LogP contribution in [0.25, 0.3) is 0 Å². The molecule has 0 saturated carbocycles. The number of halogens is 1. The fourth-order valence-corrected chi connectivity index (χ4v) is 2.59. The first-order valence-corrected chi connectivity index (χ1v) is 7.08. The van der Waals surface area contributed by atoms with Gasteiger partial charge in [0.2, 0.25) is 0 Å². The molecule has 1 aliphatic carbocycles. The Morgan fingerprint density at radius 1 is 1.00 bits per heavy atom. The molecule has 0 saturated heterocycles. The fraction of sp³-hybridized carbons (Fsp3) is 0.211. The molecule has 2 heteroatoms. The van der Waals surface area contributed by atoms with Crippen molar-refractivity contribution in [3.63, 3.8) is 0 Å². The van der Waals surface area contributed by atoms with Crippen LogP contribution in [0.15, 0.2) is 36.4 Å². The van der Waals surface area contributed by atoms with Crippen molar-refractivity contribution in [2.24, 2.45) is 0 Å². The molecule has 21 heavy (non-hydrogen) atoms. The van der Waals surface area contributed by atoms with Crippen LogP contribution < -0.4 is 0 Å². The number of hydrogen-bond donors (Lipinski definition) is 0. The molecular formula is C19H15FO. The molecule has 2 aromatic carbocycles. The second-order valence-electron chi connectivity index (χ2n) is 5.36. The highest BCUT2D eigenvalue weighted by molar-refractivity contribution is 5.98. The van der Waals surface area contributed by atoms with E-state index in [4.69, 9.17) is 0 Å². The normalized spacial score (nSPS) is 13.3. The monoisotopic (exact) mass is 278 g/mol. The van der Waals surface area contributed by atoms with Gasteiger partial charge in [-0.25, -0.2) is 4.39 Å². The second-order valence-corrected chi connectivity index (χ2v) is 5.36. The number of carbonyl (C=O) groups excluding carboxylic acids is 1. The van der Waals surface area contributed by atoms with Crippen molar-refractivity contribution in [1.29, 1.82) is 0 Å². The molecule has 0 spiro atoms. The van der Waals surface area contributed by atoms with E-state index in [1.165, 1.54) is 6.07 Å². The number of aryl methyl sites for hydroxylation is 2. The van der Waals surface area contributed by atoms with Crippen molar-refractivity contribution < 1.29 is 9.18 Å². The van der Waals surface area contributed by atoms with Crippen molar-refractivity contribution >= 4 is 5.78 Å². The SMILES string of the molecule is Cc1cc(C#Cc2ccc3c(c2)CCCC3=O)ccc1F. The summed E-state index contributed by atoms with van der Waals surface area (Å²) in [5.41, 5.74) is 4.21. The molecule has 3 rings (SSSR count). The van der Waals surface area contributed by atoms with Crippen LogP contribution in [0.5, 0.6) is 0 Å². The lowest BCUT2D eigenvalue weighted by molar-refractivity contribution is 0.0972. The van der Waals surface area contributed by atoms with Gasteiger partial charge in [0.15, 0.2) is 5.78 Å². The number of rotatable bonds is 0. The van der Waals surface area contributed by atoms with Gasteiger partial charge >= 0.3 is 0 Å². The summed E-state index contributed by atoms with van der Waals surface area (Å²) in [6.45, 7) is 1.73. The molecule has 0 heterocycles. The number of fused-ring (bicyclic) bond motifs is 1. The van der Waals surface area contributed by atoms with E-state index in [0.717, 1.165) is 35.1 Å². The standard InChI is InChI=1S/C19H15FO/c1-13-11-14(8-10-18(13)20)5-6-15-7-9-17-16(12-15)3-2-4-19(17)21/h7-12H,2-4H2,1H3. The maximum absolute atomic E-state index is 13.2. The highest BCUT2D eigenvalue weighted by atomic mass is 19.1. The Morgan fingerprint density at radius 3 is 2.48 bits per heavy atom. The number of carbonyl (C=O) groups is 1. The second kappa shape index (κ2) is 5.54. The van der Waals surface area contributed by atoms with E-state index in [0.29, 0.717) is 12.0 Å². The molecule has 0 aromatic heterocycles. The Labute approximate surface area is 123 Å². The molecule has 0 fully saturated rings. The van der Waals surface area contributed by atoms with Gasteiger partial charge < -0.3 is 0 Å². The van der Waals surface area contributed by atoms with Crippen LogP contribution in [0, 0.1) is 24.6 Å². The molecule has 2 aromatic rings. The lowest BCUT2D eigenvalue weighted by Crippen LogP contribution is -2.10. The van der Waals surface area contributed by atoms with E-state index in [1.54, 1.807) is 19.1 Å². The average molecular weight is 278 g/mol. The van der Waals surface area contributed by atoms with E-state index in [1.807, 2.05) is 18.2 Å². The van der Waals surface area contributed by atoms with Gasteiger partial charge in [-0.3, -0.25) is 4.79 Å². The maximum atomic E-state index is 13.2. The third-order valence-electron chi connectivity index (χ3n) is 3.76. The van der Waals surface area contributed by atoms with Gasteiger partial charge in [0.25, 0.3) is 0 Å². The Morgan fingerprint density at radius 2 is 1.71 bits per heavy atom. The molecule has 1 nitrogen and oxygen atoms in total. The molecule has 0 amide bonds. The lowest BCUT2D eigenvalue weighted by Gasteiger charge is -2.14.